The standard InChI is InChI=1S/C17H20BrNS/c1-11-9-15(18)17(20-11)16(19-2)14-8-7-12-5-3-4-6-13(12)10-14/h3-6,9,14,16,19H,7-8,10H2,1-2H3. The highest BCUT2D eigenvalue weighted by atomic mass is 79.9. The monoisotopic (exact) mass is 349 g/mol. The maximum atomic E-state index is 3.73. The fourth-order valence-corrected chi connectivity index (χ4v) is 5.41. The van der Waals surface area contributed by atoms with Crippen LogP contribution in [0.5, 0.6) is 0 Å². The van der Waals surface area contributed by atoms with Gasteiger partial charge in [-0.25, -0.2) is 0 Å². The molecule has 0 saturated heterocycles. The summed E-state index contributed by atoms with van der Waals surface area (Å²) in [6, 6.07) is 11.6. The molecule has 106 valence electrons. The number of benzene rings is 1. The molecule has 1 nitrogen and oxygen atoms in total. The van der Waals surface area contributed by atoms with Crippen molar-refractivity contribution in [2.24, 2.45) is 5.92 Å². The van der Waals surface area contributed by atoms with Crippen LogP contribution in [0.15, 0.2) is 34.8 Å². The zero-order valence-corrected chi connectivity index (χ0v) is 14.4. The third-order valence-electron chi connectivity index (χ3n) is 4.29. The van der Waals surface area contributed by atoms with E-state index in [1.165, 1.54) is 39.1 Å². The van der Waals surface area contributed by atoms with Gasteiger partial charge in [0.1, 0.15) is 0 Å². The molecule has 2 atom stereocenters. The summed E-state index contributed by atoms with van der Waals surface area (Å²) in [6.07, 6.45) is 3.66. The lowest BCUT2D eigenvalue weighted by Crippen LogP contribution is -2.29. The Morgan fingerprint density at radius 3 is 2.70 bits per heavy atom. The third-order valence-corrected chi connectivity index (χ3v) is 6.34. The number of nitrogens with one attached hydrogen (secondary N) is 1. The van der Waals surface area contributed by atoms with E-state index in [1.807, 2.05) is 11.3 Å². The van der Waals surface area contributed by atoms with E-state index >= 15 is 0 Å². The first-order valence-electron chi connectivity index (χ1n) is 7.19. The molecule has 3 rings (SSSR count). The normalized spacial score (nSPS) is 19.6. The molecule has 1 N–H and O–H groups in total. The average Bonchev–Trinajstić information content (AvgIpc) is 2.78. The van der Waals surface area contributed by atoms with Crippen molar-refractivity contribution in [2.45, 2.75) is 32.2 Å². The molecule has 1 heterocycles. The molecule has 0 radical (unpaired) electrons. The van der Waals surface area contributed by atoms with Crippen LogP contribution in [0.25, 0.3) is 0 Å². The van der Waals surface area contributed by atoms with Crippen LogP contribution >= 0.6 is 27.3 Å². The Hall–Kier alpha value is -0.640. The van der Waals surface area contributed by atoms with Gasteiger partial charge in [-0.05, 0) is 72.3 Å². The Balaban J connectivity index is 1.87. The smallest absolute Gasteiger partial charge is 0.0455 e. The number of halogens is 1. The molecule has 3 heteroatoms. The fraction of sp³-hybridized carbons (Fsp3) is 0.412. The van der Waals surface area contributed by atoms with Gasteiger partial charge in [0.25, 0.3) is 0 Å². The van der Waals surface area contributed by atoms with Gasteiger partial charge in [0, 0.05) is 20.3 Å². The van der Waals surface area contributed by atoms with Crippen LogP contribution in [-0.4, -0.2) is 7.05 Å². The highest BCUT2D eigenvalue weighted by Gasteiger charge is 2.28. The Labute approximate surface area is 133 Å². The van der Waals surface area contributed by atoms with Crippen LogP contribution in [0.4, 0.5) is 0 Å². The van der Waals surface area contributed by atoms with Crippen LogP contribution < -0.4 is 5.32 Å². The van der Waals surface area contributed by atoms with E-state index in [1.54, 1.807) is 5.56 Å². The van der Waals surface area contributed by atoms with Gasteiger partial charge in [-0.2, -0.15) is 0 Å². The molecule has 0 saturated carbocycles. The molecule has 2 unspecified atom stereocenters. The fourth-order valence-electron chi connectivity index (χ4n) is 3.30. The van der Waals surface area contributed by atoms with Crippen LogP contribution in [0.2, 0.25) is 0 Å². The van der Waals surface area contributed by atoms with Crippen molar-refractivity contribution in [3.8, 4) is 0 Å². The molecule has 0 fully saturated rings. The Bertz CT molecular complexity index is 605. The maximum Gasteiger partial charge on any atom is 0.0455 e. The summed E-state index contributed by atoms with van der Waals surface area (Å²) in [5.74, 6) is 0.684. The first kappa shape index (κ1) is 14.3. The molecular formula is C17H20BrNS. The molecule has 1 aromatic heterocycles. The van der Waals surface area contributed by atoms with Gasteiger partial charge in [0.2, 0.25) is 0 Å². The van der Waals surface area contributed by atoms with E-state index in [-0.39, 0.29) is 0 Å². The minimum absolute atomic E-state index is 0.455. The number of hydrogen-bond acceptors (Lipinski definition) is 2. The quantitative estimate of drug-likeness (QED) is 0.832. The second-order valence-electron chi connectivity index (χ2n) is 5.61. The number of aryl methyl sites for hydroxylation is 2. The predicted octanol–water partition coefficient (Wildman–Crippen LogP) is 4.88. The molecule has 0 bridgehead atoms. The molecule has 1 aliphatic carbocycles. The zero-order chi connectivity index (χ0) is 14.1. The Morgan fingerprint density at radius 2 is 2.05 bits per heavy atom. The van der Waals surface area contributed by atoms with Crippen molar-refractivity contribution in [1.29, 1.82) is 0 Å². The molecule has 1 aromatic carbocycles. The van der Waals surface area contributed by atoms with Crippen LogP contribution in [-0.2, 0) is 12.8 Å². The molecule has 0 amide bonds. The van der Waals surface area contributed by atoms with Gasteiger partial charge in [-0.15, -0.1) is 11.3 Å². The van der Waals surface area contributed by atoms with Crippen molar-refractivity contribution in [3.05, 3.63) is 55.7 Å². The van der Waals surface area contributed by atoms with Gasteiger partial charge < -0.3 is 5.32 Å². The lowest BCUT2D eigenvalue weighted by atomic mass is 9.79. The van der Waals surface area contributed by atoms with Gasteiger partial charge in [0.05, 0.1) is 0 Å². The van der Waals surface area contributed by atoms with E-state index in [0.29, 0.717) is 12.0 Å². The Morgan fingerprint density at radius 1 is 1.30 bits per heavy atom. The van der Waals surface area contributed by atoms with Crippen LogP contribution in [0.3, 0.4) is 0 Å². The van der Waals surface area contributed by atoms with Gasteiger partial charge in [-0.1, -0.05) is 24.3 Å². The molecule has 1 aliphatic rings. The van der Waals surface area contributed by atoms with Crippen molar-refractivity contribution in [3.63, 3.8) is 0 Å². The molecular weight excluding hydrogens is 330 g/mol. The molecule has 0 spiro atoms. The summed E-state index contributed by atoms with van der Waals surface area (Å²) in [4.78, 5) is 2.83. The lowest BCUT2D eigenvalue weighted by molar-refractivity contribution is 0.345. The van der Waals surface area contributed by atoms with Gasteiger partial charge in [-0.3, -0.25) is 0 Å². The number of hydrogen-bond donors (Lipinski definition) is 1. The first-order chi connectivity index (χ1) is 9.69. The largest absolute Gasteiger partial charge is 0.312 e. The predicted molar refractivity (Wildman–Crippen MR) is 90.5 cm³/mol. The lowest BCUT2D eigenvalue weighted by Gasteiger charge is -2.31. The Kier molecular flexibility index (Phi) is 4.29. The summed E-state index contributed by atoms with van der Waals surface area (Å²) in [7, 11) is 2.09. The van der Waals surface area contributed by atoms with E-state index in [9.17, 15) is 0 Å². The number of fused-ring (bicyclic) bond motifs is 1. The van der Waals surface area contributed by atoms with Gasteiger partial charge in [0.15, 0.2) is 0 Å². The van der Waals surface area contributed by atoms with Crippen molar-refractivity contribution in [2.75, 3.05) is 7.05 Å². The average molecular weight is 350 g/mol. The summed E-state index contributed by atoms with van der Waals surface area (Å²) < 4.78 is 1.26. The second kappa shape index (κ2) is 6.00. The van der Waals surface area contributed by atoms with Crippen LogP contribution in [0, 0.1) is 12.8 Å². The summed E-state index contributed by atoms with van der Waals surface area (Å²) in [5, 5.41) is 3.55. The minimum atomic E-state index is 0.455. The number of rotatable bonds is 3. The van der Waals surface area contributed by atoms with Crippen LogP contribution in [0.1, 0.15) is 33.3 Å². The zero-order valence-electron chi connectivity index (χ0n) is 11.9. The summed E-state index contributed by atoms with van der Waals surface area (Å²) >= 11 is 5.64. The number of thiophene rings is 1. The topological polar surface area (TPSA) is 12.0 Å². The van der Waals surface area contributed by atoms with Crippen molar-refractivity contribution < 1.29 is 0 Å². The van der Waals surface area contributed by atoms with Crippen molar-refractivity contribution >= 4 is 27.3 Å². The highest BCUT2D eigenvalue weighted by Crippen LogP contribution is 2.40. The van der Waals surface area contributed by atoms with Crippen molar-refractivity contribution in [1.82, 2.24) is 5.32 Å². The molecule has 2 aromatic rings. The SMILES string of the molecule is CNC(c1sc(C)cc1Br)C1CCc2ccccc2C1. The second-order valence-corrected chi connectivity index (χ2v) is 7.75. The van der Waals surface area contributed by atoms with Gasteiger partial charge >= 0.3 is 0 Å². The summed E-state index contributed by atoms with van der Waals surface area (Å²) in [6.45, 7) is 2.18. The molecule has 20 heavy (non-hydrogen) atoms. The van der Waals surface area contributed by atoms with E-state index in [0.717, 1.165) is 0 Å². The van der Waals surface area contributed by atoms with E-state index < -0.39 is 0 Å². The first-order valence-corrected chi connectivity index (χ1v) is 8.80. The van der Waals surface area contributed by atoms with E-state index in [2.05, 4.69) is 65.5 Å². The minimum Gasteiger partial charge on any atom is -0.312 e. The van der Waals surface area contributed by atoms with E-state index in [4.69, 9.17) is 0 Å². The molecule has 0 aliphatic heterocycles. The summed E-state index contributed by atoms with van der Waals surface area (Å²) in [5.41, 5.74) is 3.08. The third kappa shape index (κ3) is 2.72. The highest BCUT2D eigenvalue weighted by molar-refractivity contribution is 9.10. The maximum absolute atomic E-state index is 3.73.